The van der Waals surface area contributed by atoms with Crippen LogP contribution in [0.1, 0.15) is 42.5 Å². The number of aryl methyl sites for hydroxylation is 1. The quantitative estimate of drug-likeness (QED) is 0.544. The minimum Gasteiger partial charge on any atom is -0.496 e. The number of hydrogen-bond acceptors (Lipinski definition) is 5. The maximum absolute atomic E-state index is 13.4. The van der Waals surface area contributed by atoms with Crippen molar-refractivity contribution in [3.05, 3.63) is 69.6 Å². The van der Waals surface area contributed by atoms with Crippen LogP contribution in [0.2, 0.25) is 0 Å². The Morgan fingerprint density at radius 1 is 1.06 bits per heavy atom. The van der Waals surface area contributed by atoms with E-state index in [-0.39, 0.29) is 30.0 Å². The van der Waals surface area contributed by atoms with E-state index in [0.29, 0.717) is 49.0 Å². The molecular formula is C28H33N3O5. The predicted molar refractivity (Wildman–Crippen MR) is 140 cm³/mol. The zero-order valence-electron chi connectivity index (χ0n) is 21.3. The Bertz CT molecular complexity index is 1340. The van der Waals surface area contributed by atoms with Crippen molar-refractivity contribution in [1.29, 1.82) is 0 Å². The van der Waals surface area contributed by atoms with Gasteiger partial charge in [0, 0.05) is 41.8 Å². The average Bonchev–Trinajstić information content (AvgIpc) is 2.87. The number of ether oxygens (including phenoxy) is 2. The number of nitrogens with one attached hydrogen (secondary N) is 1. The molecule has 2 heterocycles. The van der Waals surface area contributed by atoms with Gasteiger partial charge in [-0.3, -0.25) is 9.59 Å². The van der Waals surface area contributed by atoms with E-state index >= 15 is 0 Å². The van der Waals surface area contributed by atoms with E-state index in [2.05, 4.69) is 5.32 Å². The number of methoxy groups -OCH3 is 1. The number of pyridine rings is 1. The number of carbonyl (C=O) groups is 2. The molecule has 1 aliphatic rings. The van der Waals surface area contributed by atoms with Crippen molar-refractivity contribution in [3.8, 4) is 5.75 Å². The first kappa shape index (κ1) is 25.3. The van der Waals surface area contributed by atoms with Crippen molar-refractivity contribution in [2.45, 2.75) is 46.1 Å². The maximum Gasteiger partial charge on any atom is 0.409 e. The molecule has 0 aliphatic carbocycles. The van der Waals surface area contributed by atoms with Crippen molar-refractivity contribution in [3.63, 3.8) is 0 Å². The Labute approximate surface area is 210 Å². The molecular weight excluding hydrogens is 458 g/mol. The van der Waals surface area contributed by atoms with Gasteiger partial charge in [-0.1, -0.05) is 18.2 Å². The van der Waals surface area contributed by atoms with Gasteiger partial charge in [0.05, 0.1) is 20.1 Å². The molecule has 0 atom stereocenters. The molecule has 36 heavy (non-hydrogen) atoms. The smallest absolute Gasteiger partial charge is 0.409 e. The predicted octanol–water partition coefficient (Wildman–Crippen LogP) is 4.60. The number of aromatic nitrogens is 1. The molecule has 1 aromatic heterocycles. The Balaban J connectivity index is 1.52. The van der Waals surface area contributed by atoms with Crippen molar-refractivity contribution in [2.24, 2.45) is 0 Å². The van der Waals surface area contributed by atoms with Crippen LogP contribution < -0.4 is 15.6 Å². The third-order valence-corrected chi connectivity index (χ3v) is 6.90. The number of fused-ring (bicyclic) bond motifs is 1. The highest BCUT2D eigenvalue weighted by atomic mass is 16.6. The molecule has 1 aliphatic heterocycles. The van der Waals surface area contributed by atoms with Gasteiger partial charge in [-0.05, 0) is 68.5 Å². The average molecular weight is 492 g/mol. The number of rotatable bonds is 6. The van der Waals surface area contributed by atoms with Crippen LogP contribution in [-0.4, -0.2) is 48.3 Å². The van der Waals surface area contributed by atoms with E-state index in [1.807, 2.05) is 38.1 Å². The highest BCUT2D eigenvalue weighted by Crippen LogP contribution is 2.28. The summed E-state index contributed by atoms with van der Waals surface area (Å²) in [7, 11) is 1.63. The molecule has 0 bridgehead atoms. The zero-order valence-corrected chi connectivity index (χ0v) is 21.3. The number of carbonyl (C=O) groups excluding carboxylic acids is 2. The summed E-state index contributed by atoms with van der Waals surface area (Å²) in [4.78, 5) is 39.9. The molecule has 8 nitrogen and oxygen atoms in total. The van der Waals surface area contributed by atoms with Gasteiger partial charge in [0.25, 0.3) is 5.56 Å². The van der Waals surface area contributed by atoms with Crippen LogP contribution in [0.3, 0.4) is 0 Å². The van der Waals surface area contributed by atoms with E-state index in [1.54, 1.807) is 41.8 Å². The van der Waals surface area contributed by atoms with Crippen molar-refractivity contribution < 1.29 is 19.1 Å². The van der Waals surface area contributed by atoms with Crippen molar-refractivity contribution >= 4 is 28.5 Å². The second-order valence-corrected chi connectivity index (χ2v) is 9.14. The second-order valence-electron chi connectivity index (χ2n) is 9.14. The fraction of sp³-hybridized carbons (Fsp3) is 0.393. The van der Waals surface area contributed by atoms with Crippen molar-refractivity contribution in [2.75, 3.05) is 32.1 Å². The van der Waals surface area contributed by atoms with Crippen LogP contribution in [-0.2, 0) is 16.0 Å². The number of benzene rings is 2. The van der Waals surface area contributed by atoms with Crippen molar-refractivity contribution in [1.82, 2.24) is 9.47 Å². The summed E-state index contributed by atoms with van der Waals surface area (Å²) in [5.74, 6) is 0.631. The Hall–Kier alpha value is -3.81. The summed E-state index contributed by atoms with van der Waals surface area (Å²) in [6.45, 7) is 7.16. The van der Waals surface area contributed by atoms with Gasteiger partial charge < -0.3 is 24.3 Å². The first-order chi connectivity index (χ1) is 17.3. The fourth-order valence-electron chi connectivity index (χ4n) is 4.97. The Kier molecular flexibility index (Phi) is 7.62. The normalized spacial score (nSPS) is 14.1. The maximum atomic E-state index is 13.4. The molecule has 2 amide bonds. The van der Waals surface area contributed by atoms with E-state index in [4.69, 9.17) is 9.47 Å². The van der Waals surface area contributed by atoms with E-state index in [0.717, 1.165) is 22.4 Å². The molecule has 1 saturated heterocycles. The zero-order chi connectivity index (χ0) is 25.8. The number of anilines is 1. The van der Waals surface area contributed by atoms with Gasteiger partial charge in [-0.2, -0.15) is 0 Å². The number of hydrogen-bond donors (Lipinski definition) is 1. The lowest BCUT2D eigenvalue weighted by molar-refractivity contribution is -0.115. The first-order valence-corrected chi connectivity index (χ1v) is 12.3. The van der Waals surface area contributed by atoms with Crippen LogP contribution >= 0.6 is 0 Å². The van der Waals surface area contributed by atoms with Gasteiger partial charge in [0.2, 0.25) is 5.91 Å². The standard InChI is InChI=1S/C28H33N3O5/c1-5-36-28(34)30-14-11-21(12-15-30)31-16-13-22-23(27(31)33)7-6-8-24(22)29-25(32)17-20-10-9-18(2)26(35-4)19(20)3/h6-10,13,16,21H,5,11-12,14-15,17H2,1-4H3,(H,29,32). The number of amides is 2. The number of piperidine rings is 1. The summed E-state index contributed by atoms with van der Waals surface area (Å²) >= 11 is 0. The SMILES string of the molecule is CCOC(=O)N1CCC(n2ccc3c(NC(=O)Cc4ccc(C)c(OC)c4C)cccc3c2=O)CC1. The lowest BCUT2D eigenvalue weighted by Crippen LogP contribution is -2.41. The van der Waals surface area contributed by atoms with Crippen LogP contribution in [0.15, 0.2) is 47.4 Å². The fourth-order valence-corrected chi connectivity index (χ4v) is 4.97. The van der Waals surface area contributed by atoms with Crippen LogP contribution in [0.25, 0.3) is 10.8 Å². The minimum absolute atomic E-state index is 0.00492. The lowest BCUT2D eigenvalue weighted by atomic mass is 10.0. The van der Waals surface area contributed by atoms with Crippen LogP contribution in [0.5, 0.6) is 5.75 Å². The Morgan fingerprint density at radius 2 is 1.81 bits per heavy atom. The van der Waals surface area contributed by atoms with Gasteiger partial charge in [0.1, 0.15) is 5.75 Å². The summed E-state index contributed by atoms with van der Waals surface area (Å²) in [6, 6.07) is 11.2. The largest absolute Gasteiger partial charge is 0.496 e. The molecule has 3 aromatic rings. The van der Waals surface area contributed by atoms with Gasteiger partial charge in [0.15, 0.2) is 0 Å². The van der Waals surface area contributed by atoms with Gasteiger partial charge in [-0.25, -0.2) is 4.79 Å². The molecule has 1 fully saturated rings. The summed E-state index contributed by atoms with van der Waals surface area (Å²) in [5.41, 5.74) is 3.37. The molecule has 0 saturated carbocycles. The van der Waals surface area contributed by atoms with E-state index < -0.39 is 0 Å². The van der Waals surface area contributed by atoms with E-state index in [9.17, 15) is 14.4 Å². The third kappa shape index (κ3) is 5.08. The molecule has 0 spiro atoms. The third-order valence-electron chi connectivity index (χ3n) is 6.90. The number of likely N-dealkylation sites (tertiary alicyclic amines) is 1. The molecule has 8 heteroatoms. The second kappa shape index (κ2) is 10.8. The van der Waals surface area contributed by atoms with E-state index in [1.165, 1.54) is 0 Å². The molecule has 190 valence electrons. The summed E-state index contributed by atoms with van der Waals surface area (Å²) in [6.07, 6.45) is 3.05. The van der Waals surface area contributed by atoms with Gasteiger partial charge >= 0.3 is 6.09 Å². The summed E-state index contributed by atoms with van der Waals surface area (Å²) < 4.78 is 12.3. The van der Waals surface area contributed by atoms with Gasteiger partial charge in [-0.15, -0.1) is 0 Å². The highest BCUT2D eigenvalue weighted by Gasteiger charge is 2.25. The van der Waals surface area contributed by atoms with Crippen LogP contribution in [0.4, 0.5) is 10.5 Å². The number of nitrogens with zero attached hydrogens (tertiary/aromatic N) is 2. The lowest BCUT2D eigenvalue weighted by Gasteiger charge is -2.32. The first-order valence-electron chi connectivity index (χ1n) is 12.3. The molecule has 0 unspecified atom stereocenters. The molecule has 4 rings (SSSR count). The molecule has 2 aromatic carbocycles. The minimum atomic E-state index is -0.304. The Morgan fingerprint density at radius 3 is 2.50 bits per heavy atom. The highest BCUT2D eigenvalue weighted by molar-refractivity contribution is 6.02. The topological polar surface area (TPSA) is 89.9 Å². The summed E-state index contributed by atoms with van der Waals surface area (Å²) in [5, 5.41) is 4.24. The monoisotopic (exact) mass is 491 g/mol. The molecule has 1 N–H and O–H groups in total. The van der Waals surface area contributed by atoms with Crippen LogP contribution in [0, 0.1) is 13.8 Å². The molecule has 0 radical (unpaired) electrons.